The first-order valence-electron chi connectivity index (χ1n) is 10.4. The summed E-state index contributed by atoms with van der Waals surface area (Å²) in [4.78, 5) is 22.0. The molecule has 1 saturated heterocycles. The molecule has 1 aliphatic rings. The third kappa shape index (κ3) is 7.14. The number of anilines is 1. The van der Waals surface area contributed by atoms with Crippen molar-refractivity contribution in [3.8, 4) is 5.88 Å². The number of pyridine rings is 1. The van der Waals surface area contributed by atoms with Gasteiger partial charge in [0, 0.05) is 44.0 Å². The van der Waals surface area contributed by atoms with Gasteiger partial charge in [0.15, 0.2) is 12.6 Å². The van der Waals surface area contributed by atoms with Gasteiger partial charge in [-0.25, -0.2) is 9.98 Å². The fourth-order valence-corrected chi connectivity index (χ4v) is 3.16. The average Bonchev–Trinajstić information content (AvgIpc) is 3.20. The maximum Gasteiger partial charge on any atom is 0.422 e. The normalized spacial score (nSPS) is 14.6. The molecule has 0 radical (unpaired) electrons. The summed E-state index contributed by atoms with van der Waals surface area (Å²) in [6, 6.07) is 10.9. The first-order valence-corrected chi connectivity index (χ1v) is 10.4. The number of rotatable bonds is 8. The van der Waals surface area contributed by atoms with Gasteiger partial charge in [0.05, 0.1) is 6.54 Å². The predicted octanol–water partition coefficient (Wildman–Crippen LogP) is 3.40. The molecule has 0 unspecified atom stereocenters. The van der Waals surface area contributed by atoms with Crippen LogP contribution in [0.3, 0.4) is 0 Å². The highest BCUT2D eigenvalue weighted by atomic mass is 19.4. The summed E-state index contributed by atoms with van der Waals surface area (Å²) >= 11 is 0. The minimum Gasteiger partial charge on any atom is -0.468 e. The summed E-state index contributed by atoms with van der Waals surface area (Å²) in [5, 5.41) is 6.39. The highest BCUT2D eigenvalue weighted by Gasteiger charge is 2.28. The van der Waals surface area contributed by atoms with Crippen LogP contribution >= 0.6 is 0 Å². The van der Waals surface area contributed by atoms with Crippen LogP contribution in [-0.4, -0.2) is 42.7 Å². The van der Waals surface area contributed by atoms with Crippen molar-refractivity contribution in [1.82, 2.24) is 15.6 Å². The van der Waals surface area contributed by atoms with Crippen LogP contribution in [0.1, 0.15) is 30.9 Å². The zero-order valence-corrected chi connectivity index (χ0v) is 17.8. The minimum absolute atomic E-state index is 0.0841. The Kier molecular flexibility index (Phi) is 7.91. The van der Waals surface area contributed by atoms with Crippen LogP contribution in [0.15, 0.2) is 47.6 Å². The number of nitrogens with zero attached hydrogens (tertiary/aromatic N) is 3. The van der Waals surface area contributed by atoms with E-state index in [0.29, 0.717) is 32.0 Å². The van der Waals surface area contributed by atoms with Crippen LogP contribution in [0, 0.1) is 0 Å². The first-order chi connectivity index (χ1) is 15.3. The first kappa shape index (κ1) is 23.4. The number of nitrogens with one attached hydrogen (secondary N) is 2. The highest BCUT2D eigenvalue weighted by molar-refractivity contribution is 5.95. The van der Waals surface area contributed by atoms with E-state index in [0.717, 1.165) is 29.8 Å². The monoisotopic (exact) mass is 449 g/mol. The van der Waals surface area contributed by atoms with Gasteiger partial charge in [0.2, 0.25) is 11.8 Å². The molecule has 1 amide bonds. The number of amides is 1. The number of halogens is 3. The molecule has 7 nitrogen and oxygen atoms in total. The van der Waals surface area contributed by atoms with E-state index in [2.05, 4.69) is 25.3 Å². The zero-order chi connectivity index (χ0) is 23.0. The number of benzene rings is 1. The van der Waals surface area contributed by atoms with Crippen LogP contribution in [0.4, 0.5) is 18.9 Å². The molecule has 0 saturated carbocycles. The fraction of sp³-hybridized carbons (Fsp3) is 0.409. The van der Waals surface area contributed by atoms with Crippen LogP contribution in [0.25, 0.3) is 0 Å². The van der Waals surface area contributed by atoms with Crippen molar-refractivity contribution in [1.29, 1.82) is 0 Å². The molecule has 1 aromatic heterocycles. The second-order valence-electron chi connectivity index (χ2n) is 7.27. The molecule has 0 bridgehead atoms. The molecule has 2 N–H and O–H groups in total. The smallest absolute Gasteiger partial charge is 0.422 e. The maximum atomic E-state index is 12.2. The summed E-state index contributed by atoms with van der Waals surface area (Å²) in [5.74, 6) is 0.676. The zero-order valence-electron chi connectivity index (χ0n) is 17.8. The summed E-state index contributed by atoms with van der Waals surface area (Å²) in [6.45, 7) is 2.86. The van der Waals surface area contributed by atoms with Gasteiger partial charge < -0.3 is 20.3 Å². The van der Waals surface area contributed by atoms with Gasteiger partial charge in [0.1, 0.15) is 0 Å². The van der Waals surface area contributed by atoms with Crippen LogP contribution in [0.2, 0.25) is 0 Å². The second-order valence-corrected chi connectivity index (χ2v) is 7.27. The van der Waals surface area contributed by atoms with Gasteiger partial charge in [-0.1, -0.05) is 18.2 Å². The molecule has 2 heterocycles. The summed E-state index contributed by atoms with van der Waals surface area (Å²) in [5.41, 5.74) is 2.69. The van der Waals surface area contributed by atoms with Crippen molar-refractivity contribution in [3.05, 3.63) is 53.7 Å². The van der Waals surface area contributed by atoms with Crippen molar-refractivity contribution in [2.75, 3.05) is 24.6 Å². The Balaban J connectivity index is 1.53. The fourth-order valence-electron chi connectivity index (χ4n) is 3.16. The molecular weight excluding hydrogens is 423 g/mol. The molecular formula is C22H26F3N5O2. The predicted molar refractivity (Wildman–Crippen MR) is 115 cm³/mol. The maximum absolute atomic E-state index is 12.2. The van der Waals surface area contributed by atoms with E-state index in [1.807, 2.05) is 31.2 Å². The van der Waals surface area contributed by atoms with Gasteiger partial charge >= 0.3 is 6.18 Å². The van der Waals surface area contributed by atoms with E-state index >= 15 is 0 Å². The molecule has 3 rings (SSSR count). The van der Waals surface area contributed by atoms with E-state index in [9.17, 15) is 18.0 Å². The standard InChI is InChI=1S/C22H26F3N5O2/c1-2-26-21(29-14-17-7-10-19(27-13-17)32-15-22(23,24)25)28-12-16-5-8-18(9-6-16)30-11-3-4-20(30)31/h5-10,13H,2-4,11-12,14-15H2,1H3,(H2,26,28,29). The number of hydrogen-bond acceptors (Lipinski definition) is 4. The van der Waals surface area contributed by atoms with E-state index < -0.39 is 12.8 Å². The van der Waals surface area contributed by atoms with Crippen molar-refractivity contribution in [2.24, 2.45) is 4.99 Å². The summed E-state index contributed by atoms with van der Waals surface area (Å²) < 4.78 is 41.2. The minimum atomic E-state index is -4.40. The summed E-state index contributed by atoms with van der Waals surface area (Å²) in [7, 11) is 0. The Hall–Kier alpha value is -3.30. The molecule has 1 fully saturated rings. The number of ether oxygens (including phenoxy) is 1. The van der Waals surface area contributed by atoms with Gasteiger partial charge in [-0.3, -0.25) is 4.79 Å². The molecule has 1 aromatic carbocycles. The molecule has 172 valence electrons. The Morgan fingerprint density at radius 1 is 1.16 bits per heavy atom. The number of alkyl halides is 3. The van der Waals surface area contributed by atoms with Gasteiger partial charge in [0.25, 0.3) is 0 Å². The Bertz CT molecular complexity index is 915. The highest BCUT2D eigenvalue weighted by Crippen LogP contribution is 2.21. The second kappa shape index (κ2) is 10.8. The van der Waals surface area contributed by atoms with E-state index in [4.69, 9.17) is 0 Å². The van der Waals surface area contributed by atoms with Crippen molar-refractivity contribution in [2.45, 2.75) is 39.0 Å². The lowest BCUT2D eigenvalue weighted by Gasteiger charge is -2.16. The van der Waals surface area contributed by atoms with Gasteiger partial charge in [-0.05, 0) is 36.6 Å². The van der Waals surface area contributed by atoms with Gasteiger partial charge in [-0.2, -0.15) is 13.2 Å². The van der Waals surface area contributed by atoms with Crippen molar-refractivity contribution >= 4 is 17.6 Å². The van der Waals surface area contributed by atoms with E-state index in [1.54, 1.807) is 11.0 Å². The lowest BCUT2D eigenvalue weighted by molar-refractivity contribution is -0.154. The summed E-state index contributed by atoms with van der Waals surface area (Å²) in [6.07, 6.45) is -1.46. The average molecular weight is 449 g/mol. The third-order valence-corrected chi connectivity index (χ3v) is 4.73. The molecule has 0 spiro atoms. The van der Waals surface area contributed by atoms with Crippen molar-refractivity contribution < 1.29 is 22.7 Å². The van der Waals surface area contributed by atoms with E-state index in [-0.39, 0.29) is 11.8 Å². The largest absolute Gasteiger partial charge is 0.468 e. The number of aliphatic imine (C=N–C) groups is 1. The van der Waals surface area contributed by atoms with Crippen LogP contribution in [0.5, 0.6) is 5.88 Å². The lowest BCUT2D eigenvalue weighted by atomic mass is 10.2. The van der Waals surface area contributed by atoms with E-state index in [1.165, 1.54) is 12.3 Å². The molecule has 10 heteroatoms. The molecule has 2 aromatic rings. The Morgan fingerprint density at radius 2 is 1.91 bits per heavy atom. The van der Waals surface area contributed by atoms with Crippen LogP contribution in [-0.2, 0) is 17.9 Å². The Labute approximate surface area is 184 Å². The quantitative estimate of drug-likeness (QED) is 0.477. The molecule has 1 aliphatic heterocycles. The Morgan fingerprint density at radius 3 is 2.50 bits per heavy atom. The number of guanidine groups is 1. The third-order valence-electron chi connectivity index (χ3n) is 4.73. The SMILES string of the molecule is CCNC(=NCc1ccc(OCC(F)(F)F)nc1)NCc1ccc(N2CCCC2=O)cc1. The number of carbonyl (C=O) groups excluding carboxylic acids is 1. The molecule has 32 heavy (non-hydrogen) atoms. The van der Waals surface area contributed by atoms with Crippen LogP contribution < -0.4 is 20.3 Å². The van der Waals surface area contributed by atoms with Gasteiger partial charge in [-0.15, -0.1) is 0 Å². The molecule has 0 atom stereocenters. The van der Waals surface area contributed by atoms with Crippen molar-refractivity contribution in [3.63, 3.8) is 0 Å². The number of hydrogen-bond donors (Lipinski definition) is 2. The number of carbonyl (C=O) groups is 1. The topological polar surface area (TPSA) is 78.9 Å². The molecule has 0 aliphatic carbocycles. The number of aromatic nitrogens is 1. The lowest BCUT2D eigenvalue weighted by Crippen LogP contribution is -2.36.